The average molecular weight is 287 g/mol. The number of likely N-dealkylation sites (tertiary alicyclic amines) is 1. The normalized spacial score (nSPS) is 19.7. The number of benzene rings is 1. The second-order valence-corrected chi connectivity index (χ2v) is 5.44. The van der Waals surface area contributed by atoms with Gasteiger partial charge >= 0.3 is 6.03 Å². The molecule has 98 valence electrons. The molecule has 0 aromatic heterocycles. The van der Waals surface area contributed by atoms with E-state index in [1.165, 1.54) is 6.42 Å². The van der Waals surface area contributed by atoms with Gasteiger partial charge in [0, 0.05) is 17.6 Å². The number of amides is 2. The highest BCUT2D eigenvalue weighted by molar-refractivity contribution is 6.36. The number of piperidine rings is 1. The zero-order chi connectivity index (χ0) is 13.1. The van der Waals surface area contributed by atoms with Crippen LogP contribution in [0.3, 0.4) is 0 Å². The van der Waals surface area contributed by atoms with Crippen molar-refractivity contribution in [1.82, 2.24) is 4.90 Å². The highest BCUT2D eigenvalue weighted by Crippen LogP contribution is 2.26. The third kappa shape index (κ3) is 3.09. The van der Waals surface area contributed by atoms with Crippen molar-refractivity contribution in [2.24, 2.45) is 0 Å². The molecule has 1 N–H and O–H groups in total. The van der Waals surface area contributed by atoms with Gasteiger partial charge in [0.2, 0.25) is 0 Å². The molecule has 1 unspecified atom stereocenters. The van der Waals surface area contributed by atoms with Crippen LogP contribution in [-0.2, 0) is 0 Å². The van der Waals surface area contributed by atoms with Crippen molar-refractivity contribution in [3.8, 4) is 0 Å². The molecule has 1 aromatic rings. The summed E-state index contributed by atoms with van der Waals surface area (Å²) in [7, 11) is 0. The summed E-state index contributed by atoms with van der Waals surface area (Å²) >= 11 is 11.8. The van der Waals surface area contributed by atoms with E-state index in [0.29, 0.717) is 15.7 Å². The van der Waals surface area contributed by atoms with Crippen molar-refractivity contribution in [2.75, 3.05) is 11.9 Å². The zero-order valence-electron chi connectivity index (χ0n) is 10.2. The molecule has 1 aliphatic heterocycles. The number of hydrogen-bond acceptors (Lipinski definition) is 1. The fourth-order valence-corrected chi connectivity index (χ4v) is 2.63. The number of halogens is 2. The Hall–Kier alpha value is -0.930. The molecular weight excluding hydrogens is 271 g/mol. The molecule has 1 aliphatic rings. The van der Waals surface area contributed by atoms with Crippen molar-refractivity contribution in [1.29, 1.82) is 0 Å². The van der Waals surface area contributed by atoms with Crippen LogP contribution in [0.25, 0.3) is 0 Å². The fourth-order valence-electron chi connectivity index (χ4n) is 2.18. The first-order valence-corrected chi connectivity index (χ1v) is 6.86. The van der Waals surface area contributed by atoms with Gasteiger partial charge < -0.3 is 10.2 Å². The van der Waals surface area contributed by atoms with E-state index in [2.05, 4.69) is 12.2 Å². The predicted molar refractivity (Wildman–Crippen MR) is 75.5 cm³/mol. The van der Waals surface area contributed by atoms with E-state index in [1.807, 2.05) is 4.90 Å². The van der Waals surface area contributed by atoms with Crippen molar-refractivity contribution in [3.05, 3.63) is 28.2 Å². The molecule has 0 radical (unpaired) electrons. The Bertz CT molecular complexity index is 451. The molecule has 0 spiro atoms. The fraction of sp³-hybridized carbons (Fsp3) is 0.462. The van der Waals surface area contributed by atoms with Gasteiger partial charge in [-0.1, -0.05) is 23.2 Å². The van der Waals surface area contributed by atoms with E-state index in [0.717, 1.165) is 19.4 Å². The average Bonchev–Trinajstić information content (AvgIpc) is 2.33. The summed E-state index contributed by atoms with van der Waals surface area (Å²) < 4.78 is 0. The standard InChI is InChI=1S/C13H16Cl2N2O/c1-9-4-2-3-7-17(9)13(18)16-12-6-5-10(14)8-11(12)15/h5-6,8-9H,2-4,7H2,1H3,(H,16,18). The van der Waals surface area contributed by atoms with Crippen molar-refractivity contribution in [3.63, 3.8) is 0 Å². The molecule has 1 heterocycles. The summed E-state index contributed by atoms with van der Waals surface area (Å²) in [6.45, 7) is 2.88. The summed E-state index contributed by atoms with van der Waals surface area (Å²) in [5, 5.41) is 3.85. The molecule has 0 bridgehead atoms. The number of nitrogens with one attached hydrogen (secondary N) is 1. The van der Waals surface area contributed by atoms with Crippen LogP contribution < -0.4 is 5.32 Å². The van der Waals surface area contributed by atoms with Crippen LogP contribution in [0.1, 0.15) is 26.2 Å². The van der Waals surface area contributed by atoms with Crippen LogP contribution in [0.5, 0.6) is 0 Å². The van der Waals surface area contributed by atoms with Gasteiger partial charge in [0.05, 0.1) is 10.7 Å². The lowest BCUT2D eigenvalue weighted by molar-refractivity contribution is 0.170. The molecular formula is C13H16Cl2N2O. The minimum Gasteiger partial charge on any atom is -0.322 e. The Morgan fingerprint density at radius 3 is 2.83 bits per heavy atom. The predicted octanol–water partition coefficient (Wildman–Crippen LogP) is 4.40. The SMILES string of the molecule is CC1CCCCN1C(=O)Nc1ccc(Cl)cc1Cl. The van der Waals surface area contributed by atoms with Crippen LogP contribution in [0, 0.1) is 0 Å². The molecule has 5 heteroatoms. The lowest BCUT2D eigenvalue weighted by Gasteiger charge is -2.33. The van der Waals surface area contributed by atoms with Gasteiger partial charge in [0.25, 0.3) is 0 Å². The Morgan fingerprint density at radius 2 is 2.17 bits per heavy atom. The lowest BCUT2D eigenvalue weighted by atomic mass is 10.0. The number of rotatable bonds is 1. The van der Waals surface area contributed by atoms with Crippen molar-refractivity contribution >= 4 is 34.9 Å². The molecule has 1 saturated heterocycles. The number of hydrogen-bond donors (Lipinski definition) is 1. The Labute approximate surface area is 117 Å². The Morgan fingerprint density at radius 1 is 1.39 bits per heavy atom. The maximum atomic E-state index is 12.1. The summed E-state index contributed by atoms with van der Waals surface area (Å²) in [6, 6.07) is 5.24. The van der Waals surface area contributed by atoms with E-state index in [9.17, 15) is 4.79 Å². The minimum atomic E-state index is -0.0913. The van der Waals surface area contributed by atoms with E-state index in [1.54, 1.807) is 18.2 Å². The first kappa shape index (κ1) is 13.5. The van der Waals surface area contributed by atoms with Crippen molar-refractivity contribution in [2.45, 2.75) is 32.2 Å². The van der Waals surface area contributed by atoms with Gasteiger partial charge in [0.15, 0.2) is 0 Å². The van der Waals surface area contributed by atoms with Crippen LogP contribution in [-0.4, -0.2) is 23.5 Å². The first-order chi connectivity index (χ1) is 8.58. The molecule has 1 atom stereocenters. The van der Waals surface area contributed by atoms with Gasteiger partial charge in [0.1, 0.15) is 0 Å². The second-order valence-electron chi connectivity index (χ2n) is 4.59. The van der Waals surface area contributed by atoms with Gasteiger partial charge in [-0.05, 0) is 44.4 Å². The van der Waals surface area contributed by atoms with Gasteiger partial charge in [-0.25, -0.2) is 4.79 Å². The number of carbonyl (C=O) groups is 1. The highest BCUT2D eigenvalue weighted by atomic mass is 35.5. The first-order valence-electron chi connectivity index (χ1n) is 6.10. The number of anilines is 1. The summed E-state index contributed by atoms with van der Waals surface area (Å²) in [5.74, 6) is 0. The van der Waals surface area contributed by atoms with Crippen LogP contribution in [0.2, 0.25) is 10.0 Å². The molecule has 0 aliphatic carbocycles. The number of nitrogens with zero attached hydrogens (tertiary/aromatic N) is 1. The smallest absolute Gasteiger partial charge is 0.322 e. The second kappa shape index (κ2) is 5.81. The van der Waals surface area contributed by atoms with Crippen molar-refractivity contribution < 1.29 is 4.79 Å². The van der Waals surface area contributed by atoms with Gasteiger partial charge in [-0.2, -0.15) is 0 Å². The van der Waals surface area contributed by atoms with E-state index in [-0.39, 0.29) is 12.1 Å². The maximum Gasteiger partial charge on any atom is 0.322 e. The van der Waals surface area contributed by atoms with E-state index < -0.39 is 0 Å². The summed E-state index contributed by atoms with van der Waals surface area (Å²) in [4.78, 5) is 14.0. The third-order valence-corrected chi connectivity index (χ3v) is 3.78. The van der Waals surface area contributed by atoms with Crippen LogP contribution in [0.4, 0.5) is 10.5 Å². The maximum absolute atomic E-state index is 12.1. The molecule has 1 fully saturated rings. The monoisotopic (exact) mass is 286 g/mol. The van der Waals surface area contributed by atoms with Crippen LogP contribution in [0.15, 0.2) is 18.2 Å². The molecule has 2 amide bonds. The minimum absolute atomic E-state index is 0.0913. The number of urea groups is 1. The molecule has 0 saturated carbocycles. The zero-order valence-corrected chi connectivity index (χ0v) is 11.8. The summed E-state index contributed by atoms with van der Waals surface area (Å²) in [5.41, 5.74) is 0.601. The van der Waals surface area contributed by atoms with Gasteiger partial charge in [-0.3, -0.25) is 0 Å². The topological polar surface area (TPSA) is 32.3 Å². The van der Waals surface area contributed by atoms with E-state index in [4.69, 9.17) is 23.2 Å². The highest BCUT2D eigenvalue weighted by Gasteiger charge is 2.23. The molecule has 1 aromatic carbocycles. The third-order valence-electron chi connectivity index (χ3n) is 3.24. The summed E-state index contributed by atoms with van der Waals surface area (Å²) in [6.07, 6.45) is 3.31. The van der Waals surface area contributed by atoms with E-state index >= 15 is 0 Å². The lowest BCUT2D eigenvalue weighted by Crippen LogP contribution is -2.44. The van der Waals surface area contributed by atoms with Gasteiger partial charge in [-0.15, -0.1) is 0 Å². The quantitative estimate of drug-likeness (QED) is 0.815. The molecule has 2 rings (SSSR count). The number of carbonyl (C=O) groups excluding carboxylic acids is 1. The Kier molecular flexibility index (Phi) is 4.36. The van der Waals surface area contributed by atoms with Crippen LogP contribution >= 0.6 is 23.2 Å². The molecule has 3 nitrogen and oxygen atoms in total. The Balaban J connectivity index is 2.06. The largest absolute Gasteiger partial charge is 0.322 e. The molecule has 18 heavy (non-hydrogen) atoms.